The quantitative estimate of drug-likeness (QED) is 0.122. The second-order valence-corrected chi connectivity index (χ2v) is 14.7. The number of unbranched alkanes of at least 4 members (excludes halogenated alkanes) is 1. The van der Waals surface area contributed by atoms with Crippen LogP contribution in [-0.4, -0.2) is 19.3 Å². The van der Waals surface area contributed by atoms with Crippen molar-refractivity contribution in [3.8, 4) is 34.1 Å². The van der Waals surface area contributed by atoms with Gasteiger partial charge in [-0.15, -0.1) is 41.3 Å². The van der Waals surface area contributed by atoms with Crippen LogP contribution in [0.4, 0.5) is 0 Å². The van der Waals surface area contributed by atoms with Gasteiger partial charge in [-0.3, -0.25) is 4.68 Å². The Hall–Kier alpha value is -4.47. The number of para-hydroxylation sites is 1. The predicted molar refractivity (Wildman–Crippen MR) is 211 cm³/mol. The van der Waals surface area contributed by atoms with Crippen LogP contribution in [0.25, 0.3) is 44.4 Å². The number of hydrogen-bond acceptors (Lipinski definition) is 3. The number of ether oxygens (including phenoxy) is 1. The number of rotatable bonds is 11. The van der Waals surface area contributed by atoms with E-state index in [0.29, 0.717) is 17.4 Å². The molecule has 5 nitrogen and oxygen atoms in total. The molecule has 0 fully saturated rings. The number of hydrogen-bond donors (Lipinski definition) is 0. The van der Waals surface area contributed by atoms with Gasteiger partial charge < -0.3 is 9.30 Å². The van der Waals surface area contributed by atoms with E-state index in [9.17, 15) is 0 Å². The Morgan fingerprint density at radius 1 is 0.788 bits per heavy atom. The first-order valence-corrected chi connectivity index (χ1v) is 18.4. The SMILES string of the molecule is CCCCc1c(-c2c(C)cccc2C)c(C)nn1-c1[c-]c(Oc2[c-]c3c(cc2)c2ccccc2n3-c2cc(CC(C)C)ccn2)cc(C(C)C)c1.[Pt+2]. The van der Waals surface area contributed by atoms with Crippen LogP contribution in [0.3, 0.4) is 0 Å². The molecule has 7 aromatic rings. The Balaban J connectivity index is 0.00000464. The molecule has 0 aliphatic rings. The summed E-state index contributed by atoms with van der Waals surface area (Å²) in [4.78, 5) is 4.84. The molecule has 0 saturated carbocycles. The van der Waals surface area contributed by atoms with Crippen molar-refractivity contribution in [3.63, 3.8) is 0 Å². The summed E-state index contributed by atoms with van der Waals surface area (Å²) in [6.45, 7) is 17.7. The van der Waals surface area contributed by atoms with Crippen LogP contribution in [0, 0.1) is 38.8 Å². The average molecular weight is 868 g/mol. The van der Waals surface area contributed by atoms with Gasteiger partial charge in [0.05, 0.1) is 5.69 Å². The van der Waals surface area contributed by atoms with E-state index in [1.54, 1.807) is 0 Å². The third-order valence-corrected chi connectivity index (χ3v) is 9.86. The van der Waals surface area contributed by atoms with Crippen molar-refractivity contribution in [2.75, 3.05) is 0 Å². The standard InChI is InChI=1S/C46H48N4O.Pt/c1-9-10-17-42-46(45-31(6)14-13-15-32(45)7)33(8)48-50(42)36-25-35(30(4)5)26-38(27-36)51-37-19-20-40-39-16-11-12-18-41(39)49(43(40)28-37)44-24-34(21-22-47-44)23-29(2)3;/h11-16,18-22,24-26,29-30H,9-10,17,23H2,1-8H3;/q-2;+2. The summed E-state index contributed by atoms with van der Waals surface area (Å²) in [6.07, 6.45) is 6.02. The summed E-state index contributed by atoms with van der Waals surface area (Å²) < 4.78 is 11.0. The number of aryl methyl sites for hydroxylation is 3. The summed E-state index contributed by atoms with van der Waals surface area (Å²) in [7, 11) is 0. The van der Waals surface area contributed by atoms with Crippen molar-refractivity contribution < 1.29 is 25.8 Å². The fraction of sp³-hybridized carbons (Fsp3) is 0.304. The minimum atomic E-state index is 0. The molecule has 0 atom stereocenters. The smallest absolute Gasteiger partial charge is 0.509 e. The first kappa shape index (κ1) is 37.3. The zero-order valence-electron chi connectivity index (χ0n) is 31.6. The number of fused-ring (bicyclic) bond motifs is 3. The zero-order chi connectivity index (χ0) is 35.8. The first-order chi connectivity index (χ1) is 24.6. The fourth-order valence-corrected chi connectivity index (χ4v) is 7.41. The number of pyridine rings is 1. The molecule has 0 aliphatic heterocycles. The minimum Gasteiger partial charge on any atom is -0.509 e. The number of aromatic nitrogens is 4. The van der Waals surface area contributed by atoms with Crippen molar-refractivity contribution in [3.05, 3.63) is 131 Å². The van der Waals surface area contributed by atoms with E-state index in [4.69, 9.17) is 14.8 Å². The fourth-order valence-electron chi connectivity index (χ4n) is 7.41. The Morgan fingerprint density at radius 2 is 1.56 bits per heavy atom. The molecular weight excluding hydrogens is 820 g/mol. The van der Waals surface area contributed by atoms with E-state index in [2.05, 4.69) is 150 Å². The maximum atomic E-state index is 6.70. The number of benzene rings is 4. The first-order valence-electron chi connectivity index (χ1n) is 18.4. The van der Waals surface area contributed by atoms with Crippen LogP contribution in [0.5, 0.6) is 11.5 Å². The van der Waals surface area contributed by atoms with E-state index in [-0.39, 0.29) is 27.0 Å². The monoisotopic (exact) mass is 867 g/mol. The average Bonchev–Trinajstić information content (AvgIpc) is 3.60. The van der Waals surface area contributed by atoms with E-state index in [0.717, 1.165) is 64.7 Å². The molecule has 4 aromatic carbocycles. The Morgan fingerprint density at radius 3 is 2.29 bits per heavy atom. The molecule has 0 saturated heterocycles. The second-order valence-electron chi connectivity index (χ2n) is 14.7. The van der Waals surface area contributed by atoms with Gasteiger partial charge in [0.15, 0.2) is 0 Å². The summed E-state index contributed by atoms with van der Waals surface area (Å²) in [5.74, 6) is 3.01. The van der Waals surface area contributed by atoms with Crippen molar-refractivity contribution in [1.82, 2.24) is 19.3 Å². The van der Waals surface area contributed by atoms with Crippen LogP contribution >= 0.6 is 0 Å². The van der Waals surface area contributed by atoms with E-state index in [1.165, 1.54) is 39.1 Å². The van der Waals surface area contributed by atoms with E-state index in [1.807, 2.05) is 12.3 Å². The van der Waals surface area contributed by atoms with E-state index >= 15 is 0 Å². The maximum Gasteiger partial charge on any atom is 2.00 e. The molecule has 3 heterocycles. The third-order valence-electron chi connectivity index (χ3n) is 9.86. The van der Waals surface area contributed by atoms with Crippen molar-refractivity contribution >= 4 is 21.8 Å². The minimum absolute atomic E-state index is 0. The molecule has 3 aromatic heterocycles. The zero-order valence-corrected chi connectivity index (χ0v) is 33.9. The van der Waals surface area contributed by atoms with Gasteiger partial charge in [-0.05, 0) is 103 Å². The third kappa shape index (κ3) is 7.26. The Bertz CT molecular complexity index is 2340. The topological polar surface area (TPSA) is 44.9 Å². The van der Waals surface area contributed by atoms with Gasteiger partial charge in [0, 0.05) is 34.5 Å². The van der Waals surface area contributed by atoms with Gasteiger partial charge in [0.2, 0.25) is 0 Å². The van der Waals surface area contributed by atoms with Gasteiger partial charge in [-0.2, -0.15) is 11.2 Å². The molecule has 0 amide bonds. The van der Waals surface area contributed by atoms with Gasteiger partial charge in [-0.25, -0.2) is 4.98 Å². The molecular formula is C46H48N4OPt. The molecule has 52 heavy (non-hydrogen) atoms. The second kappa shape index (κ2) is 15.6. The van der Waals surface area contributed by atoms with Gasteiger partial charge in [0.25, 0.3) is 0 Å². The van der Waals surface area contributed by atoms with Crippen LogP contribution in [-0.2, 0) is 33.9 Å². The normalized spacial score (nSPS) is 11.6. The molecule has 0 aliphatic carbocycles. The summed E-state index contributed by atoms with van der Waals surface area (Å²) in [5.41, 5.74) is 12.7. The molecule has 0 N–H and O–H groups in total. The Kier molecular flexibility index (Phi) is 11.2. The number of nitrogens with zero attached hydrogens (tertiary/aromatic N) is 4. The molecule has 0 spiro atoms. The molecule has 0 radical (unpaired) electrons. The van der Waals surface area contributed by atoms with Crippen LogP contribution < -0.4 is 4.74 Å². The van der Waals surface area contributed by atoms with Crippen LogP contribution in [0.1, 0.15) is 87.0 Å². The summed E-state index contributed by atoms with van der Waals surface area (Å²) in [5, 5.41) is 7.46. The molecule has 268 valence electrons. The van der Waals surface area contributed by atoms with Crippen molar-refractivity contribution in [1.29, 1.82) is 0 Å². The van der Waals surface area contributed by atoms with Crippen LogP contribution in [0.2, 0.25) is 0 Å². The maximum absolute atomic E-state index is 6.70. The van der Waals surface area contributed by atoms with Crippen molar-refractivity contribution in [2.24, 2.45) is 5.92 Å². The predicted octanol–water partition coefficient (Wildman–Crippen LogP) is 12.0. The van der Waals surface area contributed by atoms with E-state index < -0.39 is 0 Å². The Labute approximate surface area is 323 Å². The van der Waals surface area contributed by atoms with Gasteiger partial charge in [0.1, 0.15) is 5.82 Å². The summed E-state index contributed by atoms with van der Waals surface area (Å²) in [6, 6.07) is 35.1. The largest absolute Gasteiger partial charge is 2.00 e. The molecule has 6 heteroatoms. The molecule has 0 bridgehead atoms. The summed E-state index contributed by atoms with van der Waals surface area (Å²) >= 11 is 0. The van der Waals surface area contributed by atoms with Crippen molar-refractivity contribution in [2.45, 2.75) is 87.0 Å². The van der Waals surface area contributed by atoms with Gasteiger partial charge >= 0.3 is 21.1 Å². The van der Waals surface area contributed by atoms with Gasteiger partial charge in [-0.1, -0.05) is 83.0 Å². The molecule has 7 rings (SSSR count). The molecule has 0 unspecified atom stereocenters. The van der Waals surface area contributed by atoms with Crippen LogP contribution in [0.15, 0.2) is 85.1 Å².